The molecule has 15 heavy (non-hydrogen) atoms. The highest BCUT2D eigenvalue weighted by Crippen LogP contribution is 2.33. The van der Waals surface area contributed by atoms with Crippen LogP contribution in [-0.2, 0) is 9.47 Å². The number of hydrogen-bond acceptors (Lipinski definition) is 3. The zero-order chi connectivity index (χ0) is 10.1. The lowest BCUT2D eigenvalue weighted by Gasteiger charge is -2.40. The molecule has 0 aromatic carbocycles. The lowest BCUT2D eigenvalue weighted by atomic mass is 9.86. The minimum absolute atomic E-state index is 0.0691. The van der Waals surface area contributed by atoms with Gasteiger partial charge in [-0.05, 0) is 25.7 Å². The highest BCUT2D eigenvalue weighted by atomic mass is 16.6. The van der Waals surface area contributed by atoms with E-state index in [2.05, 4.69) is 5.32 Å². The molecule has 2 unspecified atom stereocenters. The van der Waals surface area contributed by atoms with Gasteiger partial charge < -0.3 is 14.8 Å². The van der Waals surface area contributed by atoms with E-state index in [1.165, 1.54) is 25.7 Å². The van der Waals surface area contributed by atoms with Gasteiger partial charge in [0.05, 0.1) is 12.2 Å². The summed E-state index contributed by atoms with van der Waals surface area (Å²) in [5.41, 5.74) is 0.0691. The Balaban J connectivity index is 1.55. The molecule has 3 rings (SSSR count). The quantitative estimate of drug-likeness (QED) is 0.750. The Morgan fingerprint density at radius 3 is 2.67 bits per heavy atom. The molecule has 0 amide bonds. The van der Waals surface area contributed by atoms with Crippen LogP contribution in [0.25, 0.3) is 0 Å². The lowest BCUT2D eigenvalue weighted by molar-refractivity contribution is -0.0911. The highest BCUT2D eigenvalue weighted by Gasteiger charge is 2.41. The third-order valence-electron chi connectivity index (χ3n) is 4.14. The first kappa shape index (κ1) is 10.1. The predicted octanol–water partition coefficient (Wildman–Crippen LogP) is 1.47. The molecule has 3 heteroatoms. The van der Waals surface area contributed by atoms with Crippen molar-refractivity contribution in [1.29, 1.82) is 0 Å². The van der Waals surface area contributed by atoms with Crippen molar-refractivity contribution in [2.75, 3.05) is 19.8 Å². The van der Waals surface area contributed by atoms with E-state index in [-0.39, 0.29) is 5.60 Å². The molecule has 2 aliphatic heterocycles. The Kier molecular flexibility index (Phi) is 2.71. The largest absolute Gasteiger partial charge is 0.378 e. The molecular weight excluding hydrogens is 190 g/mol. The first-order valence-corrected chi connectivity index (χ1v) is 6.34. The van der Waals surface area contributed by atoms with Gasteiger partial charge in [-0.1, -0.05) is 6.42 Å². The second-order valence-electron chi connectivity index (χ2n) is 5.32. The van der Waals surface area contributed by atoms with E-state index in [0.29, 0.717) is 6.04 Å². The summed E-state index contributed by atoms with van der Waals surface area (Å²) >= 11 is 0. The molecule has 1 aliphatic carbocycles. The van der Waals surface area contributed by atoms with Crippen LogP contribution in [0.2, 0.25) is 0 Å². The van der Waals surface area contributed by atoms with E-state index < -0.39 is 0 Å². The maximum absolute atomic E-state index is 5.92. The molecule has 3 fully saturated rings. The van der Waals surface area contributed by atoms with Crippen molar-refractivity contribution < 1.29 is 9.47 Å². The van der Waals surface area contributed by atoms with Gasteiger partial charge in [0.15, 0.2) is 0 Å². The molecule has 0 radical (unpaired) electrons. The minimum Gasteiger partial charge on any atom is -0.378 e. The summed E-state index contributed by atoms with van der Waals surface area (Å²) in [6.45, 7) is 2.61. The van der Waals surface area contributed by atoms with Crippen molar-refractivity contribution in [2.24, 2.45) is 0 Å². The van der Waals surface area contributed by atoms with Gasteiger partial charge in [-0.2, -0.15) is 0 Å². The molecule has 2 heterocycles. The van der Waals surface area contributed by atoms with Crippen molar-refractivity contribution in [1.82, 2.24) is 5.32 Å². The average Bonchev–Trinajstić information content (AvgIpc) is 2.60. The minimum atomic E-state index is 0.0691. The molecule has 86 valence electrons. The van der Waals surface area contributed by atoms with Crippen LogP contribution >= 0.6 is 0 Å². The smallest absolute Gasteiger partial charge is 0.0951 e. The summed E-state index contributed by atoms with van der Waals surface area (Å²) in [6.07, 6.45) is 7.59. The Labute approximate surface area is 91.5 Å². The molecule has 2 saturated heterocycles. The summed E-state index contributed by atoms with van der Waals surface area (Å²) < 4.78 is 11.4. The van der Waals surface area contributed by atoms with Crippen LogP contribution in [-0.4, -0.2) is 37.5 Å². The summed E-state index contributed by atoms with van der Waals surface area (Å²) in [4.78, 5) is 0. The summed E-state index contributed by atoms with van der Waals surface area (Å²) in [7, 11) is 0. The van der Waals surface area contributed by atoms with Crippen LogP contribution in [0.4, 0.5) is 0 Å². The summed E-state index contributed by atoms with van der Waals surface area (Å²) in [5.74, 6) is 0. The van der Waals surface area contributed by atoms with E-state index in [9.17, 15) is 0 Å². The number of hydrogen-bond donors (Lipinski definition) is 1. The molecule has 2 atom stereocenters. The Bertz CT molecular complexity index is 222. The van der Waals surface area contributed by atoms with Gasteiger partial charge in [0.2, 0.25) is 0 Å². The summed E-state index contributed by atoms with van der Waals surface area (Å²) in [5, 5.41) is 3.77. The fraction of sp³-hybridized carbons (Fsp3) is 1.00. The van der Waals surface area contributed by atoms with Crippen LogP contribution < -0.4 is 5.32 Å². The second-order valence-corrected chi connectivity index (χ2v) is 5.32. The molecule has 3 aliphatic rings. The normalized spacial score (nSPS) is 42.0. The molecule has 0 aromatic rings. The first-order valence-electron chi connectivity index (χ1n) is 6.34. The van der Waals surface area contributed by atoms with Gasteiger partial charge in [0.25, 0.3) is 0 Å². The second kappa shape index (κ2) is 4.04. The standard InChI is InChI=1S/C12H21NO2/c1-2-10(3-1)13-11-4-6-15-12(8-11)5-7-14-9-12/h10-11,13H,1-9H2. The molecule has 0 bridgehead atoms. The Hall–Kier alpha value is -0.120. The van der Waals surface area contributed by atoms with E-state index in [4.69, 9.17) is 9.47 Å². The van der Waals surface area contributed by atoms with Crippen molar-refractivity contribution in [3.63, 3.8) is 0 Å². The van der Waals surface area contributed by atoms with Gasteiger partial charge in [0, 0.05) is 31.7 Å². The van der Waals surface area contributed by atoms with Gasteiger partial charge in [-0.3, -0.25) is 0 Å². The van der Waals surface area contributed by atoms with E-state index >= 15 is 0 Å². The van der Waals surface area contributed by atoms with Crippen molar-refractivity contribution in [3.05, 3.63) is 0 Å². The van der Waals surface area contributed by atoms with E-state index in [1.807, 2.05) is 0 Å². The van der Waals surface area contributed by atoms with Gasteiger partial charge in [-0.15, -0.1) is 0 Å². The Morgan fingerprint density at radius 2 is 2.00 bits per heavy atom. The maximum atomic E-state index is 5.92. The SMILES string of the molecule is C1CC(NC2CCOC3(CCOC3)C2)C1. The molecule has 0 aromatic heterocycles. The van der Waals surface area contributed by atoms with Crippen molar-refractivity contribution >= 4 is 0 Å². The molecule has 1 spiro atoms. The number of nitrogens with one attached hydrogen (secondary N) is 1. The van der Waals surface area contributed by atoms with Crippen LogP contribution in [0.15, 0.2) is 0 Å². The highest BCUT2D eigenvalue weighted by molar-refractivity contribution is 4.94. The monoisotopic (exact) mass is 211 g/mol. The van der Waals surface area contributed by atoms with Crippen molar-refractivity contribution in [2.45, 2.75) is 56.2 Å². The third-order valence-corrected chi connectivity index (χ3v) is 4.14. The van der Waals surface area contributed by atoms with Crippen LogP contribution in [0.1, 0.15) is 38.5 Å². The van der Waals surface area contributed by atoms with Crippen LogP contribution in [0, 0.1) is 0 Å². The van der Waals surface area contributed by atoms with Gasteiger partial charge in [0.1, 0.15) is 0 Å². The molecule has 3 nitrogen and oxygen atoms in total. The fourth-order valence-corrected chi connectivity index (χ4v) is 2.94. The van der Waals surface area contributed by atoms with Crippen LogP contribution in [0.5, 0.6) is 0 Å². The van der Waals surface area contributed by atoms with Gasteiger partial charge in [-0.25, -0.2) is 0 Å². The topological polar surface area (TPSA) is 30.5 Å². The molecular formula is C12H21NO2. The Morgan fingerprint density at radius 1 is 1.07 bits per heavy atom. The average molecular weight is 211 g/mol. The predicted molar refractivity (Wildman–Crippen MR) is 57.9 cm³/mol. The zero-order valence-electron chi connectivity index (χ0n) is 9.34. The zero-order valence-corrected chi connectivity index (χ0v) is 9.34. The molecule has 1 saturated carbocycles. The number of rotatable bonds is 2. The molecule has 1 N–H and O–H groups in total. The van der Waals surface area contributed by atoms with Crippen LogP contribution in [0.3, 0.4) is 0 Å². The first-order chi connectivity index (χ1) is 7.36. The van der Waals surface area contributed by atoms with E-state index in [0.717, 1.165) is 38.7 Å². The lowest BCUT2D eigenvalue weighted by Crippen LogP contribution is -2.51. The third kappa shape index (κ3) is 2.05. The fourth-order valence-electron chi connectivity index (χ4n) is 2.94. The number of ether oxygens (including phenoxy) is 2. The maximum Gasteiger partial charge on any atom is 0.0951 e. The summed E-state index contributed by atoms with van der Waals surface area (Å²) in [6, 6.07) is 1.47. The van der Waals surface area contributed by atoms with Gasteiger partial charge >= 0.3 is 0 Å². The van der Waals surface area contributed by atoms with E-state index in [1.54, 1.807) is 0 Å². The van der Waals surface area contributed by atoms with Crippen molar-refractivity contribution in [3.8, 4) is 0 Å².